The molecule has 0 amide bonds. The number of halogens is 2. The van der Waals surface area contributed by atoms with E-state index in [-0.39, 0.29) is 5.56 Å². The van der Waals surface area contributed by atoms with Gasteiger partial charge in [-0.25, -0.2) is 8.78 Å². The molecule has 0 aliphatic rings. The molecule has 4 heteroatoms. The van der Waals surface area contributed by atoms with Gasteiger partial charge in [-0.2, -0.15) is 10.5 Å². The highest BCUT2D eigenvalue weighted by molar-refractivity contribution is 5.29. The van der Waals surface area contributed by atoms with Crippen LogP contribution in [0.3, 0.4) is 0 Å². The summed E-state index contributed by atoms with van der Waals surface area (Å²) >= 11 is 0. The lowest BCUT2D eigenvalue weighted by Gasteiger charge is -1.89. The molecule has 0 atom stereocenters. The van der Waals surface area contributed by atoms with Gasteiger partial charge in [0.05, 0.1) is 23.3 Å². The molecule has 0 saturated heterocycles. The van der Waals surface area contributed by atoms with Gasteiger partial charge in [-0.05, 0) is 30.3 Å². The molecule has 0 spiro atoms. The molecule has 2 nitrogen and oxygen atoms in total. The Morgan fingerprint density at radius 3 is 1.78 bits per heavy atom. The van der Waals surface area contributed by atoms with Crippen molar-refractivity contribution < 1.29 is 8.78 Å². The quantitative estimate of drug-likeness (QED) is 0.710. The van der Waals surface area contributed by atoms with Crippen molar-refractivity contribution in [2.75, 3.05) is 0 Å². The number of rotatable bonds is 0. The molecule has 0 unspecified atom stereocenters. The summed E-state index contributed by atoms with van der Waals surface area (Å²) in [4.78, 5) is 0. The molecule has 2 aromatic rings. The van der Waals surface area contributed by atoms with E-state index in [1.54, 1.807) is 18.2 Å². The van der Waals surface area contributed by atoms with Crippen LogP contribution in [0.5, 0.6) is 0 Å². The van der Waals surface area contributed by atoms with E-state index in [0.29, 0.717) is 5.56 Å². The maximum absolute atomic E-state index is 12.2. The molecule has 2 aromatic carbocycles. The zero-order valence-corrected chi connectivity index (χ0v) is 9.27. The second-order valence-electron chi connectivity index (χ2n) is 3.22. The lowest BCUT2D eigenvalue weighted by Crippen LogP contribution is -1.83. The Hall–Kier alpha value is -2.72. The molecule has 0 aliphatic carbocycles. The Bertz CT molecular complexity index is 595. The highest BCUT2D eigenvalue weighted by Gasteiger charge is 2.00. The lowest BCUT2D eigenvalue weighted by molar-refractivity contribution is 0.508. The number of nitriles is 2. The summed E-state index contributed by atoms with van der Waals surface area (Å²) in [6.07, 6.45) is 0. The molecule has 0 heterocycles. The van der Waals surface area contributed by atoms with Gasteiger partial charge in [-0.15, -0.1) is 0 Å². The smallest absolute Gasteiger partial charge is 0.160 e. The predicted octanol–water partition coefficient (Wildman–Crippen LogP) is 3.39. The minimum Gasteiger partial charge on any atom is -0.204 e. The zero-order chi connectivity index (χ0) is 13.4. The first kappa shape index (κ1) is 13.3. The first-order valence-corrected chi connectivity index (χ1v) is 4.97. The third kappa shape index (κ3) is 4.03. The largest absolute Gasteiger partial charge is 0.204 e. The van der Waals surface area contributed by atoms with Crippen molar-refractivity contribution in [1.29, 1.82) is 10.5 Å². The van der Waals surface area contributed by atoms with E-state index in [4.69, 9.17) is 10.5 Å². The Labute approximate surface area is 103 Å². The van der Waals surface area contributed by atoms with Gasteiger partial charge >= 0.3 is 0 Å². The third-order valence-electron chi connectivity index (χ3n) is 1.95. The number of hydrogen-bond donors (Lipinski definition) is 0. The van der Waals surface area contributed by atoms with Crippen LogP contribution in [-0.4, -0.2) is 0 Å². The summed E-state index contributed by atoms with van der Waals surface area (Å²) in [6, 6.07) is 15.9. The maximum atomic E-state index is 12.2. The Morgan fingerprint density at radius 2 is 1.33 bits per heavy atom. The second kappa shape index (κ2) is 6.78. The van der Waals surface area contributed by atoms with Crippen LogP contribution in [0, 0.1) is 34.3 Å². The zero-order valence-electron chi connectivity index (χ0n) is 9.27. The highest BCUT2D eigenvalue weighted by Crippen LogP contribution is 2.06. The SMILES string of the molecule is N#Cc1ccc(F)c(F)c1.N#Cc1ccccc1. The summed E-state index contributed by atoms with van der Waals surface area (Å²) < 4.78 is 24.4. The molecule has 88 valence electrons. The average molecular weight is 242 g/mol. The van der Waals surface area contributed by atoms with Crippen LogP contribution in [-0.2, 0) is 0 Å². The lowest BCUT2D eigenvalue weighted by atomic mass is 10.2. The maximum Gasteiger partial charge on any atom is 0.160 e. The van der Waals surface area contributed by atoms with Gasteiger partial charge in [0.2, 0.25) is 0 Å². The van der Waals surface area contributed by atoms with Gasteiger partial charge in [-0.1, -0.05) is 18.2 Å². The van der Waals surface area contributed by atoms with Crippen LogP contribution in [0.1, 0.15) is 11.1 Å². The molecule has 18 heavy (non-hydrogen) atoms. The summed E-state index contributed by atoms with van der Waals surface area (Å²) in [6.45, 7) is 0. The molecule has 0 radical (unpaired) electrons. The molecule has 0 fully saturated rings. The van der Waals surface area contributed by atoms with E-state index < -0.39 is 11.6 Å². The predicted molar refractivity (Wildman–Crippen MR) is 62.2 cm³/mol. The topological polar surface area (TPSA) is 47.6 Å². The average Bonchev–Trinajstić information content (AvgIpc) is 2.43. The molecule has 0 N–H and O–H groups in total. The molecular formula is C14H8F2N2. The van der Waals surface area contributed by atoms with Crippen LogP contribution in [0.25, 0.3) is 0 Å². The van der Waals surface area contributed by atoms with E-state index >= 15 is 0 Å². The number of hydrogen-bond acceptors (Lipinski definition) is 2. The molecule has 0 bridgehead atoms. The van der Waals surface area contributed by atoms with Crippen molar-refractivity contribution >= 4 is 0 Å². The van der Waals surface area contributed by atoms with Gasteiger partial charge in [0, 0.05) is 0 Å². The van der Waals surface area contributed by atoms with E-state index in [1.165, 1.54) is 6.07 Å². The van der Waals surface area contributed by atoms with Crippen LogP contribution >= 0.6 is 0 Å². The summed E-state index contributed by atoms with van der Waals surface area (Å²) in [5.74, 6) is -1.92. The van der Waals surface area contributed by atoms with Crippen molar-refractivity contribution in [3.8, 4) is 12.1 Å². The molecule has 0 aliphatic heterocycles. The van der Waals surface area contributed by atoms with Crippen LogP contribution in [0.2, 0.25) is 0 Å². The van der Waals surface area contributed by atoms with E-state index in [1.807, 2.05) is 24.3 Å². The van der Waals surface area contributed by atoms with Crippen molar-refractivity contribution in [3.05, 3.63) is 71.3 Å². The minimum atomic E-state index is -0.987. The van der Waals surface area contributed by atoms with Crippen LogP contribution in [0.4, 0.5) is 8.78 Å². The Balaban J connectivity index is 0.000000184. The van der Waals surface area contributed by atoms with Crippen LogP contribution < -0.4 is 0 Å². The Morgan fingerprint density at radius 1 is 0.722 bits per heavy atom. The molecule has 0 aromatic heterocycles. The fourth-order valence-electron chi connectivity index (χ4n) is 1.08. The van der Waals surface area contributed by atoms with Crippen molar-refractivity contribution in [2.24, 2.45) is 0 Å². The third-order valence-corrected chi connectivity index (χ3v) is 1.95. The monoisotopic (exact) mass is 242 g/mol. The van der Waals surface area contributed by atoms with E-state index in [0.717, 1.165) is 12.1 Å². The first-order valence-electron chi connectivity index (χ1n) is 4.97. The van der Waals surface area contributed by atoms with Gasteiger partial charge < -0.3 is 0 Å². The van der Waals surface area contributed by atoms with E-state index in [9.17, 15) is 8.78 Å². The van der Waals surface area contributed by atoms with Crippen LogP contribution in [0.15, 0.2) is 48.5 Å². The number of nitrogens with zero attached hydrogens (tertiary/aromatic N) is 2. The van der Waals surface area contributed by atoms with Crippen molar-refractivity contribution in [2.45, 2.75) is 0 Å². The van der Waals surface area contributed by atoms with Gasteiger partial charge in [0.15, 0.2) is 11.6 Å². The fourth-order valence-corrected chi connectivity index (χ4v) is 1.08. The summed E-state index contributed by atoms with van der Waals surface area (Å²) in [7, 11) is 0. The molecular weight excluding hydrogens is 234 g/mol. The summed E-state index contributed by atoms with van der Waals surface area (Å²) in [5.41, 5.74) is 0.839. The van der Waals surface area contributed by atoms with E-state index in [2.05, 4.69) is 0 Å². The normalized spacial score (nSPS) is 8.44. The van der Waals surface area contributed by atoms with Crippen molar-refractivity contribution in [1.82, 2.24) is 0 Å². The molecule has 0 saturated carbocycles. The minimum absolute atomic E-state index is 0.124. The second-order valence-corrected chi connectivity index (χ2v) is 3.22. The Kier molecular flexibility index (Phi) is 5.02. The summed E-state index contributed by atoms with van der Waals surface area (Å²) in [5, 5.41) is 16.5. The highest BCUT2D eigenvalue weighted by atomic mass is 19.2. The standard InChI is InChI=1S/C7H3F2N.C7H5N/c8-6-2-1-5(4-10)3-7(6)9;8-6-7-4-2-1-3-5-7/h1-3H;1-5H. The fraction of sp³-hybridized carbons (Fsp3) is 0. The van der Waals surface area contributed by atoms with Gasteiger partial charge in [-0.3, -0.25) is 0 Å². The van der Waals surface area contributed by atoms with Gasteiger partial charge in [0.25, 0.3) is 0 Å². The number of benzene rings is 2. The molecule has 2 rings (SSSR count). The first-order chi connectivity index (χ1) is 8.67. The van der Waals surface area contributed by atoms with Crippen molar-refractivity contribution in [3.63, 3.8) is 0 Å². The van der Waals surface area contributed by atoms with Gasteiger partial charge in [0.1, 0.15) is 0 Å².